The van der Waals surface area contributed by atoms with Gasteiger partial charge >= 0.3 is 0 Å². The van der Waals surface area contributed by atoms with Crippen LogP contribution in [-0.4, -0.2) is 22.8 Å². The molecule has 128 valence electrons. The van der Waals surface area contributed by atoms with Gasteiger partial charge in [-0.05, 0) is 30.4 Å². The van der Waals surface area contributed by atoms with Crippen molar-refractivity contribution in [1.29, 1.82) is 0 Å². The summed E-state index contributed by atoms with van der Waals surface area (Å²) in [6.45, 7) is 3.26. The van der Waals surface area contributed by atoms with Crippen molar-refractivity contribution in [2.24, 2.45) is 5.92 Å². The standard InChI is InChI=1S/C14H18N2S.C3H8O2S/c1-2-5-11(6-3-1)9-10-12-7-4-8-13-14(12)16-17-15-13;1-3(2)6(4)5/h4,7-8,11H,1-3,5-6,9-10H2;3H,1-2H3,(H,4,5)/p-1. The Kier molecular flexibility index (Phi) is 7.59. The van der Waals surface area contributed by atoms with Gasteiger partial charge in [0.05, 0.1) is 11.7 Å². The summed E-state index contributed by atoms with van der Waals surface area (Å²) in [6.07, 6.45) is 9.70. The average molecular weight is 354 g/mol. The highest BCUT2D eigenvalue weighted by molar-refractivity contribution is 7.79. The number of benzene rings is 1. The zero-order valence-electron chi connectivity index (χ0n) is 13.9. The lowest BCUT2D eigenvalue weighted by molar-refractivity contribution is 0.339. The first-order valence-electron chi connectivity index (χ1n) is 8.36. The summed E-state index contributed by atoms with van der Waals surface area (Å²) in [5.74, 6) is 0.950. The second kappa shape index (κ2) is 9.45. The van der Waals surface area contributed by atoms with Crippen molar-refractivity contribution in [3.63, 3.8) is 0 Å². The van der Waals surface area contributed by atoms with Gasteiger partial charge in [-0.15, -0.1) is 0 Å². The number of aromatic nitrogens is 2. The van der Waals surface area contributed by atoms with Crippen LogP contribution in [0.5, 0.6) is 0 Å². The maximum absolute atomic E-state index is 9.70. The number of rotatable bonds is 4. The van der Waals surface area contributed by atoms with E-state index in [-0.39, 0.29) is 5.25 Å². The molecule has 1 heterocycles. The Morgan fingerprint density at radius 3 is 2.61 bits per heavy atom. The monoisotopic (exact) mass is 353 g/mol. The number of nitrogens with zero attached hydrogens (tertiary/aromatic N) is 2. The van der Waals surface area contributed by atoms with Crippen molar-refractivity contribution < 1.29 is 8.76 Å². The lowest BCUT2D eigenvalue weighted by atomic mass is 9.85. The third-order valence-corrected chi connectivity index (χ3v) is 5.61. The van der Waals surface area contributed by atoms with E-state index in [0.717, 1.165) is 17.0 Å². The van der Waals surface area contributed by atoms with E-state index in [1.807, 2.05) is 0 Å². The number of fused-ring (bicyclic) bond motifs is 1. The molecular formula is C17H25N2O2S2-. The molecule has 1 aromatic carbocycles. The lowest BCUT2D eigenvalue weighted by Crippen LogP contribution is -2.07. The molecule has 0 spiro atoms. The molecule has 0 radical (unpaired) electrons. The molecule has 2 aromatic rings. The van der Waals surface area contributed by atoms with E-state index in [1.54, 1.807) is 13.8 Å². The quantitative estimate of drug-likeness (QED) is 0.760. The molecule has 23 heavy (non-hydrogen) atoms. The van der Waals surface area contributed by atoms with Crippen LogP contribution in [0.25, 0.3) is 11.0 Å². The minimum Gasteiger partial charge on any atom is -0.772 e. The van der Waals surface area contributed by atoms with E-state index in [1.165, 1.54) is 62.2 Å². The van der Waals surface area contributed by atoms with Gasteiger partial charge in [0.2, 0.25) is 0 Å². The summed E-state index contributed by atoms with van der Waals surface area (Å²) in [5.41, 5.74) is 3.59. The van der Waals surface area contributed by atoms with Gasteiger partial charge in [-0.1, -0.05) is 69.2 Å². The van der Waals surface area contributed by atoms with E-state index in [4.69, 9.17) is 0 Å². The highest BCUT2D eigenvalue weighted by atomic mass is 32.2. The Morgan fingerprint density at radius 2 is 1.96 bits per heavy atom. The first kappa shape index (κ1) is 18.5. The van der Waals surface area contributed by atoms with E-state index >= 15 is 0 Å². The largest absolute Gasteiger partial charge is 0.772 e. The van der Waals surface area contributed by atoms with Crippen LogP contribution in [0.15, 0.2) is 18.2 Å². The molecule has 1 fully saturated rings. The van der Waals surface area contributed by atoms with Gasteiger partial charge in [-0.3, -0.25) is 4.21 Å². The Morgan fingerprint density at radius 1 is 1.26 bits per heavy atom. The fraction of sp³-hybridized carbons (Fsp3) is 0.647. The molecule has 0 aliphatic heterocycles. The third-order valence-electron chi connectivity index (χ3n) is 4.30. The normalized spacial score (nSPS) is 17.0. The van der Waals surface area contributed by atoms with Crippen LogP contribution in [0.2, 0.25) is 0 Å². The molecule has 1 aliphatic rings. The predicted octanol–water partition coefficient (Wildman–Crippen LogP) is 4.48. The number of aryl methyl sites for hydroxylation is 1. The molecular weight excluding hydrogens is 328 g/mol. The average Bonchev–Trinajstić information content (AvgIpc) is 3.03. The van der Waals surface area contributed by atoms with Gasteiger partial charge in [-0.2, -0.15) is 8.75 Å². The fourth-order valence-electron chi connectivity index (χ4n) is 2.90. The fourth-order valence-corrected chi connectivity index (χ4v) is 3.47. The maximum atomic E-state index is 9.70. The first-order valence-corrected chi connectivity index (χ1v) is 10.2. The highest BCUT2D eigenvalue weighted by Crippen LogP contribution is 2.28. The molecule has 1 aliphatic carbocycles. The molecule has 0 amide bonds. The molecule has 1 saturated carbocycles. The van der Waals surface area contributed by atoms with E-state index < -0.39 is 11.1 Å². The summed E-state index contributed by atoms with van der Waals surface area (Å²) >= 11 is -0.539. The van der Waals surface area contributed by atoms with Gasteiger partial charge in [-0.25, -0.2) is 0 Å². The second-order valence-electron chi connectivity index (χ2n) is 6.40. The van der Waals surface area contributed by atoms with Gasteiger partial charge in [0.25, 0.3) is 0 Å². The molecule has 1 unspecified atom stereocenters. The lowest BCUT2D eigenvalue weighted by Gasteiger charge is -2.21. The summed E-state index contributed by atoms with van der Waals surface area (Å²) in [5, 5.41) is -0.231. The number of hydrogen-bond donors (Lipinski definition) is 0. The summed E-state index contributed by atoms with van der Waals surface area (Å²) in [6, 6.07) is 6.38. The van der Waals surface area contributed by atoms with E-state index in [0.29, 0.717) is 0 Å². The van der Waals surface area contributed by atoms with Crippen molar-refractivity contribution in [3.8, 4) is 0 Å². The molecule has 0 N–H and O–H groups in total. The van der Waals surface area contributed by atoms with E-state index in [2.05, 4.69) is 26.9 Å². The van der Waals surface area contributed by atoms with Crippen LogP contribution < -0.4 is 0 Å². The molecule has 3 rings (SSSR count). The molecule has 6 heteroatoms. The van der Waals surface area contributed by atoms with Crippen molar-refractivity contribution in [1.82, 2.24) is 8.75 Å². The molecule has 1 aromatic heterocycles. The van der Waals surface area contributed by atoms with Crippen molar-refractivity contribution in [3.05, 3.63) is 23.8 Å². The van der Waals surface area contributed by atoms with Gasteiger partial charge in [0.15, 0.2) is 0 Å². The Hall–Kier alpha value is -0.850. The van der Waals surface area contributed by atoms with Gasteiger partial charge in [0, 0.05) is 5.25 Å². The Balaban J connectivity index is 0.000000277. The third kappa shape index (κ3) is 5.94. The van der Waals surface area contributed by atoms with Crippen LogP contribution in [0, 0.1) is 5.92 Å². The van der Waals surface area contributed by atoms with E-state index in [9.17, 15) is 8.76 Å². The molecule has 4 nitrogen and oxygen atoms in total. The van der Waals surface area contributed by atoms with Crippen LogP contribution >= 0.6 is 11.7 Å². The van der Waals surface area contributed by atoms with Gasteiger partial charge in [0.1, 0.15) is 11.0 Å². The Labute approximate surface area is 145 Å². The first-order chi connectivity index (χ1) is 11.1. The number of hydrogen-bond acceptors (Lipinski definition) is 5. The van der Waals surface area contributed by atoms with Gasteiger partial charge < -0.3 is 4.55 Å². The Bertz CT molecular complexity index is 622. The van der Waals surface area contributed by atoms with Crippen LogP contribution in [0.4, 0.5) is 0 Å². The van der Waals surface area contributed by atoms with Crippen LogP contribution in [0.3, 0.4) is 0 Å². The van der Waals surface area contributed by atoms with Crippen molar-refractivity contribution in [2.75, 3.05) is 0 Å². The van der Waals surface area contributed by atoms with Crippen LogP contribution in [-0.2, 0) is 17.5 Å². The predicted molar refractivity (Wildman–Crippen MR) is 96.4 cm³/mol. The summed E-state index contributed by atoms with van der Waals surface area (Å²) < 4.78 is 28.1. The second-order valence-corrected chi connectivity index (χ2v) is 8.39. The minimum atomic E-state index is -1.87. The maximum Gasteiger partial charge on any atom is 0.107 e. The smallest absolute Gasteiger partial charge is 0.107 e. The summed E-state index contributed by atoms with van der Waals surface area (Å²) in [4.78, 5) is 0. The molecule has 0 saturated heterocycles. The van der Waals surface area contributed by atoms with Crippen molar-refractivity contribution >= 4 is 33.8 Å². The summed E-state index contributed by atoms with van der Waals surface area (Å²) in [7, 11) is 0. The minimum absolute atomic E-state index is 0.231. The zero-order valence-corrected chi connectivity index (χ0v) is 15.5. The SMILES string of the molecule is CC(C)S(=O)[O-].c1cc(CCC2CCCCC2)c2nsnc2c1. The van der Waals surface area contributed by atoms with Crippen molar-refractivity contribution in [2.45, 2.75) is 64.0 Å². The van der Waals surface area contributed by atoms with Crippen LogP contribution in [0.1, 0.15) is 57.9 Å². The topological polar surface area (TPSA) is 65.9 Å². The molecule has 0 bridgehead atoms. The molecule has 1 atom stereocenters. The highest BCUT2D eigenvalue weighted by Gasteiger charge is 2.14. The zero-order chi connectivity index (χ0) is 16.7.